The monoisotopic (exact) mass is 513 g/mol. The molecule has 1 aliphatic rings. The van der Waals surface area contributed by atoms with Crippen molar-refractivity contribution in [2.24, 2.45) is 5.16 Å². The first-order chi connectivity index (χ1) is 19.3. The van der Waals surface area contributed by atoms with Crippen molar-refractivity contribution < 1.29 is 14.3 Å². The van der Waals surface area contributed by atoms with Crippen molar-refractivity contribution in [2.75, 3.05) is 7.11 Å². The van der Waals surface area contributed by atoms with E-state index in [1.165, 1.54) is 0 Å². The van der Waals surface area contributed by atoms with Crippen LogP contribution in [-0.2, 0) is 11.4 Å². The zero-order valence-corrected chi connectivity index (χ0v) is 21.1. The molecule has 39 heavy (non-hydrogen) atoms. The normalized spacial score (nSPS) is 14.2. The van der Waals surface area contributed by atoms with Gasteiger partial charge in [0.1, 0.15) is 17.8 Å². The highest BCUT2D eigenvalue weighted by atomic mass is 16.6. The summed E-state index contributed by atoms with van der Waals surface area (Å²) in [4.78, 5) is 15.0. The average Bonchev–Trinajstić information content (AvgIpc) is 3.42. The molecule has 8 nitrogen and oxygen atoms in total. The van der Waals surface area contributed by atoms with E-state index >= 15 is 0 Å². The molecule has 0 bridgehead atoms. The average molecular weight is 514 g/mol. The molecule has 6 aromatic rings. The van der Waals surface area contributed by atoms with Crippen LogP contribution in [0.15, 0.2) is 102 Å². The molecule has 1 atom stereocenters. The largest absolute Gasteiger partial charge is 0.497 e. The lowest BCUT2D eigenvalue weighted by atomic mass is 9.81. The lowest BCUT2D eigenvalue weighted by Gasteiger charge is -2.29. The third-order valence-electron chi connectivity index (χ3n) is 6.86. The second-order valence-corrected chi connectivity index (χ2v) is 9.18. The van der Waals surface area contributed by atoms with E-state index in [1.54, 1.807) is 24.2 Å². The Bertz CT molecular complexity index is 1830. The predicted molar refractivity (Wildman–Crippen MR) is 148 cm³/mol. The van der Waals surface area contributed by atoms with Crippen molar-refractivity contribution in [1.29, 1.82) is 0 Å². The molecule has 0 saturated heterocycles. The standard InChI is InChI=1S/C31H23N5O3/c1-37-23-14-11-20(12-15-23)17-33-38-18-26-34-30-29-27(22-8-3-2-4-9-22)28-24-10-6-5-7-21(24)13-16-25(28)39-31(29)32-19-36(30)35-26/h2-17,19,27H,18H2,1H3/b33-17-/t27-/m0/s1. The van der Waals surface area contributed by atoms with E-state index in [-0.39, 0.29) is 12.5 Å². The SMILES string of the molecule is COc1ccc(/C=N\OCc2nc3c4c(ncn3n2)Oc2ccc3ccccc3c2[C@@H]4c2ccccc2)cc1. The van der Waals surface area contributed by atoms with Gasteiger partial charge >= 0.3 is 0 Å². The molecule has 1 aliphatic heterocycles. The van der Waals surface area contributed by atoms with Crippen molar-refractivity contribution in [3.05, 3.63) is 125 Å². The fraction of sp³-hybridized carbons (Fsp3) is 0.0968. The molecule has 3 heterocycles. The van der Waals surface area contributed by atoms with Gasteiger partial charge in [0.2, 0.25) is 5.88 Å². The third kappa shape index (κ3) is 4.12. The highest BCUT2D eigenvalue weighted by Gasteiger charge is 2.34. The zero-order chi connectivity index (χ0) is 26.2. The first kappa shape index (κ1) is 22.9. The fourth-order valence-corrected chi connectivity index (χ4v) is 5.07. The van der Waals surface area contributed by atoms with E-state index < -0.39 is 0 Å². The number of hydrogen-bond donors (Lipinski definition) is 0. The van der Waals surface area contributed by atoms with Crippen LogP contribution in [0.2, 0.25) is 0 Å². The Morgan fingerprint density at radius 1 is 0.923 bits per heavy atom. The minimum Gasteiger partial charge on any atom is -0.497 e. The molecule has 0 spiro atoms. The number of nitrogens with zero attached hydrogens (tertiary/aromatic N) is 5. The lowest BCUT2D eigenvalue weighted by Crippen LogP contribution is -2.15. The van der Waals surface area contributed by atoms with Gasteiger partial charge in [0.05, 0.1) is 18.9 Å². The van der Waals surface area contributed by atoms with Crippen molar-refractivity contribution in [3.63, 3.8) is 0 Å². The van der Waals surface area contributed by atoms with E-state index in [1.807, 2.05) is 54.6 Å². The Morgan fingerprint density at radius 3 is 2.59 bits per heavy atom. The zero-order valence-electron chi connectivity index (χ0n) is 21.1. The maximum absolute atomic E-state index is 6.36. The topological polar surface area (TPSA) is 83.1 Å². The van der Waals surface area contributed by atoms with E-state index in [0.717, 1.165) is 44.5 Å². The molecule has 0 aliphatic carbocycles. The molecule has 190 valence electrons. The lowest BCUT2D eigenvalue weighted by molar-refractivity contribution is 0.126. The van der Waals surface area contributed by atoms with Crippen molar-refractivity contribution in [2.45, 2.75) is 12.5 Å². The first-order valence-electron chi connectivity index (χ1n) is 12.6. The van der Waals surface area contributed by atoms with E-state index in [0.29, 0.717) is 17.4 Å². The summed E-state index contributed by atoms with van der Waals surface area (Å²) < 4.78 is 13.2. The van der Waals surface area contributed by atoms with Crippen LogP contribution >= 0.6 is 0 Å². The smallest absolute Gasteiger partial charge is 0.228 e. The minimum atomic E-state index is -0.140. The van der Waals surface area contributed by atoms with Crippen molar-refractivity contribution in [3.8, 4) is 17.4 Å². The van der Waals surface area contributed by atoms with E-state index in [9.17, 15) is 0 Å². The van der Waals surface area contributed by atoms with Gasteiger partial charge in [-0.05, 0) is 52.2 Å². The minimum absolute atomic E-state index is 0.111. The Kier molecular flexibility index (Phi) is 5.62. The van der Waals surface area contributed by atoms with Gasteiger partial charge in [-0.2, -0.15) is 0 Å². The number of rotatable bonds is 6. The van der Waals surface area contributed by atoms with E-state index in [4.69, 9.17) is 19.3 Å². The molecular weight excluding hydrogens is 490 g/mol. The van der Waals surface area contributed by atoms with Crippen LogP contribution in [0.1, 0.15) is 34.0 Å². The van der Waals surface area contributed by atoms with Crippen LogP contribution in [0.4, 0.5) is 0 Å². The van der Waals surface area contributed by atoms with Crippen LogP contribution in [-0.4, -0.2) is 32.9 Å². The molecule has 0 unspecified atom stereocenters. The van der Waals surface area contributed by atoms with Gasteiger partial charge in [0, 0.05) is 11.5 Å². The first-order valence-corrected chi connectivity index (χ1v) is 12.6. The van der Waals surface area contributed by atoms with Gasteiger partial charge in [-0.15, -0.1) is 5.10 Å². The number of oxime groups is 1. The molecule has 2 aromatic heterocycles. The van der Waals surface area contributed by atoms with Gasteiger partial charge in [-0.3, -0.25) is 0 Å². The van der Waals surface area contributed by atoms with Gasteiger partial charge in [0.15, 0.2) is 18.1 Å². The maximum atomic E-state index is 6.36. The summed E-state index contributed by atoms with van der Waals surface area (Å²) in [7, 11) is 1.63. The predicted octanol–water partition coefficient (Wildman–Crippen LogP) is 6.12. The summed E-state index contributed by atoms with van der Waals surface area (Å²) >= 11 is 0. The van der Waals surface area contributed by atoms with Crippen LogP contribution in [0.3, 0.4) is 0 Å². The Labute approximate surface area is 224 Å². The van der Waals surface area contributed by atoms with Crippen molar-refractivity contribution in [1.82, 2.24) is 19.6 Å². The molecule has 0 N–H and O–H groups in total. The second-order valence-electron chi connectivity index (χ2n) is 9.18. The molecule has 4 aromatic carbocycles. The fourth-order valence-electron chi connectivity index (χ4n) is 5.07. The van der Waals surface area contributed by atoms with E-state index in [2.05, 4.69) is 51.6 Å². The number of hydrogen-bond acceptors (Lipinski definition) is 7. The van der Waals surface area contributed by atoms with Crippen LogP contribution in [0.25, 0.3) is 16.4 Å². The highest BCUT2D eigenvalue weighted by Crippen LogP contribution is 2.50. The highest BCUT2D eigenvalue weighted by molar-refractivity contribution is 5.90. The molecule has 0 radical (unpaired) electrons. The third-order valence-corrected chi connectivity index (χ3v) is 6.86. The molecular formula is C31H23N5O3. The number of methoxy groups -OCH3 is 1. The summed E-state index contributed by atoms with van der Waals surface area (Å²) in [6, 6.07) is 30.4. The molecule has 0 amide bonds. The summed E-state index contributed by atoms with van der Waals surface area (Å²) in [5.74, 6) is 2.46. The second kappa shape index (κ2) is 9.57. The van der Waals surface area contributed by atoms with Crippen LogP contribution in [0, 0.1) is 0 Å². The van der Waals surface area contributed by atoms with Gasteiger partial charge in [-0.1, -0.05) is 65.8 Å². The summed E-state index contributed by atoms with van der Waals surface area (Å²) in [6.07, 6.45) is 3.26. The number of benzene rings is 4. The maximum Gasteiger partial charge on any atom is 0.228 e. The Hall–Kier alpha value is -5.24. The Morgan fingerprint density at radius 2 is 1.74 bits per heavy atom. The Balaban J connectivity index is 1.27. The summed E-state index contributed by atoms with van der Waals surface area (Å²) in [6.45, 7) is 0.111. The molecule has 0 fully saturated rings. The van der Waals surface area contributed by atoms with Gasteiger partial charge in [-0.25, -0.2) is 14.5 Å². The molecule has 0 saturated carbocycles. The number of fused-ring (bicyclic) bond motifs is 6. The summed E-state index contributed by atoms with van der Waals surface area (Å²) in [5, 5.41) is 11.0. The van der Waals surface area contributed by atoms with Gasteiger partial charge in [0.25, 0.3) is 0 Å². The van der Waals surface area contributed by atoms with Gasteiger partial charge < -0.3 is 14.3 Å². The summed E-state index contributed by atoms with van der Waals surface area (Å²) in [5.41, 5.74) is 4.65. The van der Waals surface area contributed by atoms with Crippen LogP contribution < -0.4 is 9.47 Å². The number of ether oxygens (including phenoxy) is 2. The number of aromatic nitrogens is 4. The van der Waals surface area contributed by atoms with Crippen molar-refractivity contribution >= 4 is 22.6 Å². The molecule has 8 heteroatoms. The molecule has 7 rings (SSSR count). The van der Waals surface area contributed by atoms with Crippen LogP contribution in [0.5, 0.6) is 17.4 Å². The quantitative estimate of drug-likeness (QED) is 0.197.